The van der Waals surface area contributed by atoms with Gasteiger partial charge in [0.25, 0.3) is 5.91 Å². The van der Waals surface area contributed by atoms with E-state index in [4.69, 9.17) is 5.73 Å². The number of nitrogens with one attached hydrogen (secondary N) is 1. The first-order valence-electron chi connectivity index (χ1n) is 7.28. The van der Waals surface area contributed by atoms with Crippen LogP contribution in [0.1, 0.15) is 49.4 Å². The van der Waals surface area contributed by atoms with Gasteiger partial charge in [-0.1, -0.05) is 19.3 Å². The van der Waals surface area contributed by atoms with E-state index in [0.717, 1.165) is 6.54 Å². The molecule has 2 rings (SSSR count). The van der Waals surface area contributed by atoms with Crippen LogP contribution in [0.15, 0.2) is 12.4 Å². The highest BCUT2D eigenvalue weighted by molar-refractivity contribution is 5.93. The van der Waals surface area contributed by atoms with Crippen LogP contribution in [0.3, 0.4) is 0 Å². The van der Waals surface area contributed by atoms with Gasteiger partial charge in [0.15, 0.2) is 0 Å². The molecule has 1 saturated carbocycles. The fourth-order valence-electron chi connectivity index (χ4n) is 2.81. The third-order valence-corrected chi connectivity index (χ3v) is 4.01. The van der Waals surface area contributed by atoms with Gasteiger partial charge in [0.05, 0.1) is 11.8 Å². The van der Waals surface area contributed by atoms with E-state index in [1.165, 1.54) is 32.1 Å². The number of halogens is 1. The summed E-state index contributed by atoms with van der Waals surface area (Å²) in [5, 5.41) is 7.20. The lowest BCUT2D eigenvalue weighted by molar-refractivity contribution is 0.0915. The standard InChI is InChI=1S/C14H24N4O.ClH/c1-2-18-10-12(9-16-18)14(19)17-13(8-15)11-6-4-3-5-7-11;/h9-11,13H,2-8,15H2,1H3,(H,17,19);1H. The summed E-state index contributed by atoms with van der Waals surface area (Å²) < 4.78 is 1.76. The van der Waals surface area contributed by atoms with Gasteiger partial charge in [0.2, 0.25) is 0 Å². The van der Waals surface area contributed by atoms with Crippen LogP contribution in [0.2, 0.25) is 0 Å². The summed E-state index contributed by atoms with van der Waals surface area (Å²) in [6.45, 7) is 3.29. The summed E-state index contributed by atoms with van der Waals surface area (Å²) in [4.78, 5) is 12.2. The zero-order valence-electron chi connectivity index (χ0n) is 12.0. The number of nitrogens with two attached hydrogens (primary N) is 1. The monoisotopic (exact) mass is 300 g/mol. The molecule has 1 amide bonds. The molecule has 1 aromatic rings. The molecule has 1 aromatic heterocycles. The Hall–Kier alpha value is -1.07. The highest BCUT2D eigenvalue weighted by atomic mass is 35.5. The highest BCUT2D eigenvalue weighted by Gasteiger charge is 2.24. The second-order valence-corrected chi connectivity index (χ2v) is 5.30. The van der Waals surface area contributed by atoms with Crippen LogP contribution in [-0.4, -0.2) is 28.3 Å². The largest absolute Gasteiger partial charge is 0.348 e. The van der Waals surface area contributed by atoms with E-state index in [0.29, 0.717) is 18.0 Å². The van der Waals surface area contributed by atoms with Crippen LogP contribution in [0.5, 0.6) is 0 Å². The maximum atomic E-state index is 12.2. The van der Waals surface area contributed by atoms with E-state index in [1.54, 1.807) is 17.1 Å². The number of hydrogen-bond acceptors (Lipinski definition) is 3. The Kier molecular flexibility index (Phi) is 7.02. The first-order valence-corrected chi connectivity index (χ1v) is 7.28. The molecule has 114 valence electrons. The minimum absolute atomic E-state index is 0. The average Bonchev–Trinajstić information content (AvgIpc) is 2.94. The molecule has 0 spiro atoms. The Balaban J connectivity index is 0.00000200. The van der Waals surface area contributed by atoms with Gasteiger partial charge in [0.1, 0.15) is 0 Å². The normalized spacial score (nSPS) is 17.3. The van der Waals surface area contributed by atoms with Crippen molar-refractivity contribution >= 4 is 18.3 Å². The molecule has 1 aliphatic rings. The number of carbonyl (C=O) groups excluding carboxylic acids is 1. The van der Waals surface area contributed by atoms with E-state index in [1.807, 2.05) is 6.92 Å². The third-order valence-electron chi connectivity index (χ3n) is 4.01. The van der Waals surface area contributed by atoms with Gasteiger partial charge in [-0.2, -0.15) is 5.10 Å². The molecule has 1 fully saturated rings. The van der Waals surface area contributed by atoms with Crippen molar-refractivity contribution in [3.63, 3.8) is 0 Å². The molecule has 6 heteroatoms. The summed E-state index contributed by atoms with van der Waals surface area (Å²) in [7, 11) is 0. The molecule has 1 atom stereocenters. The van der Waals surface area contributed by atoms with Gasteiger partial charge >= 0.3 is 0 Å². The lowest BCUT2D eigenvalue weighted by Crippen LogP contribution is -2.45. The average molecular weight is 301 g/mol. The number of rotatable bonds is 5. The van der Waals surface area contributed by atoms with Crippen molar-refractivity contribution in [2.45, 2.75) is 51.6 Å². The number of carbonyl (C=O) groups is 1. The predicted octanol–water partition coefficient (Wildman–Crippen LogP) is 1.96. The smallest absolute Gasteiger partial charge is 0.254 e. The lowest BCUT2D eigenvalue weighted by Gasteiger charge is -2.29. The van der Waals surface area contributed by atoms with Crippen molar-refractivity contribution in [2.24, 2.45) is 11.7 Å². The zero-order chi connectivity index (χ0) is 13.7. The SMILES string of the molecule is CCn1cc(C(=O)NC(CN)C2CCCCC2)cn1.Cl. The minimum Gasteiger partial charge on any atom is -0.348 e. The Bertz CT molecular complexity index is 415. The van der Waals surface area contributed by atoms with Crippen LogP contribution in [0, 0.1) is 5.92 Å². The molecule has 0 aliphatic heterocycles. The van der Waals surface area contributed by atoms with Crippen LogP contribution < -0.4 is 11.1 Å². The Morgan fingerprint density at radius 1 is 1.50 bits per heavy atom. The first kappa shape index (κ1) is 17.0. The predicted molar refractivity (Wildman–Crippen MR) is 82.0 cm³/mol. The van der Waals surface area contributed by atoms with Gasteiger partial charge in [-0.25, -0.2) is 0 Å². The molecule has 1 heterocycles. The molecule has 0 radical (unpaired) electrons. The number of amides is 1. The summed E-state index contributed by atoms with van der Waals surface area (Å²) in [5.74, 6) is 0.477. The maximum absolute atomic E-state index is 12.2. The minimum atomic E-state index is -0.0549. The molecule has 20 heavy (non-hydrogen) atoms. The van der Waals surface area contributed by atoms with Crippen LogP contribution in [0.25, 0.3) is 0 Å². The van der Waals surface area contributed by atoms with Gasteiger partial charge in [-0.15, -0.1) is 12.4 Å². The Morgan fingerprint density at radius 2 is 2.20 bits per heavy atom. The van der Waals surface area contributed by atoms with Gasteiger partial charge in [-0.05, 0) is 25.7 Å². The van der Waals surface area contributed by atoms with Crippen LogP contribution in [0.4, 0.5) is 0 Å². The van der Waals surface area contributed by atoms with Crippen molar-refractivity contribution in [3.05, 3.63) is 18.0 Å². The quantitative estimate of drug-likeness (QED) is 0.873. The molecule has 1 unspecified atom stereocenters. The summed E-state index contributed by atoms with van der Waals surface area (Å²) in [6.07, 6.45) is 9.57. The van der Waals surface area contributed by atoms with E-state index >= 15 is 0 Å². The first-order chi connectivity index (χ1) is 9.24. The third kappa shape index (κ3) is 4.21. The van der Waals surface area contributed by atoms with Crippen molar-refractivity contribution in [3.8, 4) is 0 Å². The van der Waals surface area contributed by atoms with Crippen molar-refractivity contribution < 1.29 is 4.79 Å². The molecule has 0 bridgehead atoms. The topological polar surface area (TPSA) is 72.9 Å². The Morgan fingerprint density at radius 3 is 2.75 bits per heavy atom. The van der Waals surface area contributed by atoms with Crippen molar-refractivity contribution in [1.29, 1.82) is 0 Å². The molecular weight excluding hydrogens is 276 g/mol. The second kappa shape index (κ2) is 8.27. The molecule has 3 N–H and O–H groups in total. The van der Waals surface area contributed by atoms with Crippen molar-refractivity contribution in [2.75, 3.05) is 6.54 Å². The van der Waals surface area contributed by atoms with E-state index < -0.39 is 0 Å². The number of aromatic nitrogens is 2. The van der Waals surface area contributed by atoms with E-state index in [2.05, 4.69) is 10.4 Å². The fourth-order valence-corrected chi connectivity index (χ4v) is 2.81. The highest BCUT2D eigenvalue weighted by Crippen LogP contribution is 2.26. The van der Waals surface area contributed by atoms with E-state index in [-0.39, 0.29) is 24.4 Å². The molecule has 1 aliphatic carbocycles. The maximum Gasteiger partial charge on any atom is 0.254 e. The summed E-state index contributed by atoms with van der Waals surface area (Å²) in [5.41, 5.74) is 6.45. The van der Waals surface area contributed by atoms with Gasteiger partial charge < -0.3 is 11.1 Å². The Labute approximate surface area is 126 Å². The molecule has 5 nitrogen and oxygen atoms in total. The van der Waals surface area contributed by atoms with E-state index in [9.17, 15) is 4.79 Å². The lowest BCUT2D eigenvalue weighted by atomic mass is 9.84. The van der Waals surface area contributed by atoms with Crippen molar-refractivity contribution in [1.82, 2.24) is 15.1 Å². The van der Waals surface area contributed by atoms with Gasteiger partial charge in [0, 0.05) is 25.3 Å². The summed E-state index contributed by atoms with van der Waals surface area (Å²) >= 11 is 0. The molecular formula is C14H25ClN4O. The van der Waals surface area contributed by atoms with Gasteiger partial charge in [-0.3, -0.25) is 9.48 Å². The van der Waals surface area contributed by atoms with Crippen LogP contribution in [-0.2, 0) is 6.54 Å². The number of hydrogen-bond donors (Lipinski definition) is 2. The summed E-state index contributed by atoms with van der Waals surface area (Å²) in [6, 6.07) is 0.0952. The number of nitrogens with zero attached hydrogens (tertiary/aromatic N) is 2. The number of aryl methyl sites for hydroxylation is 1. The zero-order valence-corrected chi connectivity index (χ0v) is 12.9. The fraction of sp³-hybridized carbons (Fsp3) is 0.714. The molecule has 0 aromatic carbocycles. The second-order valence-electron chi connectivity index (χ2n) is 5.30. The van der Waals surface area contributed by atoms with Crippen LogP contribution >= 0.6 is 12.4 Å². The molecule has 0 saturated heterocycles.